The van der Waals surface area contributed by atoms with Crippen molar-refractivity contribution in [3.8, 4) is 5.75 Å². The molecule has 0 saturated carbocycles. The quantitative estimate of drug-likeness (QED) is 0.307. The van der Waals surface area contributed by atoms with Crippen LogP contribution < -0.4 is 15.4 Å². The topological polar surface area (TPSA) is 69.2 Å². The lowest BCUT2D eigenvalue weighted by Crippen LogP contribution is -2.50. The van der Waals surface area contributed by atoms with Crippen molar-refractivity contribution in [2.45, 2.75) is 46.8 Å². The number of benzene rings is 1. The van der Waals surface area contributed by atoms with E-state index in [0.717, 1.165) is 63.0 Å². The number of halogens is 1. The first-order chi connectivity index (χ1) is 13.9. The predicted molar refractivity (Wildman–Crippen MR) is 134 cm³/mol. The van der Waals surface area contributed by atoms with Gasteiger partial charge < -0.3 is 20.3 Å². The highest BCUT2D eigenvalue weighted by atomic mass is 127. The fourth-order valence-electron chi connectivity index (χ4n) is 3.24. The average molecular weight is 531 g/mol. The number of nitrogens with zero attached hydrogens (tertiary/aromatic N) is 3. The van der Waals surface area contributed by atoms with E-state index in [2.05, 4.69) is 59.5 Å². The lowest BCUT2D eigenvalue weighted by Gasteiger charge is -2.34. The highest BCUT2D eigenvalue weighted by molar-refractivity contribution is 14.0. The van der Waals surface area contributed by atoms with E-state index < -0.39 is 0 Å². The second kappa shape index (κ2) is 13.7. The molecule has 8 heteroatoms. The number of piperazine rings is 1. The predicted octanol–water partition coefficient (Wildman–Crippen LogP) is 2.62. The van der Waals surface area contributed by atoms with Crippen LogP contribution in [0.4, 0.5) is 0 Å². The van der Waals surface area contributed by atoms with Crippen LogP contribution in [0.15, 0.2) is 23.2 Å². The van der Waals surface area contributed by atoms with Crippen molar-refractivity contribution in [2.24, 2.45) is 4.99 Å². The smallest absolute Gasteiger partial charge is 0.219 e. The number of hydrogen-bond acceptors (Lipinski definition) is 4. The van der Waals surface area contributed by atoms with Gasteiger partial charge in [0.05, 0.1) is 6.10 Å². The Morgan fingerprint density at radius 1 is 1.23 bits per heavy atom. The summed E-state index contributed by atoms with van der Waals surface area (Å²) in [5.41, 5.74) is 2.32. The van der Waals surface area contributed by atoms with Crippen LogP contribution in [-0.4, -0.2) is 74.1 Å². The first kappa shape index (κ1) is 26.5. The maximum atomic E-state index is 11.4. The third kappa shape index (κ3) is 8.67. The number of carbonyl (C=O) groups excluding carboxylic acids is 1. The summed E-state index contributed by atoms with van der Waals surface area (Å²) in [7, 11) is 1.78. The summed E-state index contributed by atoms with van der Waals surface area (Å²) in [5, 5.41) is 6.76. The number of guanidine groups is 1. The molecular formula is C22H38IN5O2. The van der Waals surface area contributed by atoms with Crippen LogP contribution in [0.2, 0.25) is 0 Å². The first-order valence-electron chi connectivity index (χ1n) is 10.6. The largest absolute Gasteiger partial charge is 0.490 e. The maximum absolute atomic E-state index is 11.4. The van der Waals surface area contributed by atoms with Gasteiger partial charge in [-0.2, -0.15) is 0 Å². The molecule has 0 spiro atoms. The molecule has 2 rings (SSSR count). The van der Waals surface area contributed by atoms with Crippen molar-refractivity contribution < 1.29 is 9.53 Å². The van der Waals surface area contributed by atoms with Crippen molar-refractivity contribution >= 4 is 35.8 Å². The molecule has 1 aromatic rings. The number of aryl methyl sites for hydroxylation is 1. The Morgan fingerprint density at radius 3 is 2.53 bits per heavy atom. The average Bonchev–Trinajstić information content (AvgIpc) is 2.71. The van der Waals surface area contributed by atoms with E-state index in [1.165, 1.54) is 5.56 Å². The number of nitrogens with one attached hydrogen (secondary N) is 2. The summed E-state index contributed by atoms with van der Waals surface area (Å²) in [6, 6.07) is 6.32. The number of ether oxygens (including phenoxy) is 1. The van der Waals surface area contributed by atoms with Crippen molar-refractivity contribution in [3.05, 3.63) is 29.3 Å². The molecular weight excluding hydrogens is 493 g/mol. The molecule has 0 radical (unpaired) electrons. The minimum atomic E-state index is 0. The first-order valence-corrected chi connectivity index (χ1v) is 10.6. The molecule has 30 heavy (non-hydrogen) atoms. The van der Waals surface area contributed by atoms with Crippen LogP contribution in [0, 0.1) is 6.92 Å². The Hall–Kier alpha value is -1.55. The molecule has 0 aliphatic carbocycles. The minimum absolute atomic E-state index is 0. The van der Waals surface area contributed by atoms with Crippen LogP contribution in [0.1, 0.15) is 38.3 Å². The van der Waals surface area contributed by atoms with E-state index in [4.69, 9.17) is 4.74 Å². The SMILES string of the molecule is CCC(C)Oc1cc(C)ccc1CNC(=NC)NCCN1CCN(C(C)=O)CC1.I. The van der Waals surface area contributed by atoms with Crippen molar-refractivity contribution in [1.82, 2.24) is 20.4 Å². The van der Waals surface area contributed by atoms with Gasteiger partial charge in [0, 0.05) is 65.3 Å². The van der Waals surface area contributed by atoms with Gasteiger partial charge >= 0.3 is 0 Å². The summed E-state index contributed by atoms with van der Waals surface area (Å²) in [4.78, 5) is 20.0. The zero-order valence-corrected chi connectivity index (χ0v) is 21.4. The van der Waals surface area contributed by atoms with E-state index in [1.54, 1.807) is 14.0 Å². The van der Waals surface area contributed by atoms with Crippen molar-refractivity contribution in [2.75, 3.05) is 46.3 Å². The molecule has 1 fully saturated rings. The number of rotatable bonds is 8. The molecule has 0 aromatic heterocycles. The summed E-state index contributed by atoms with van der Waals surface area (Å²) in [6.07, 6.45) is 1.17. The summed E-state index contributed by atoms with van der Waals surface area (Å²) in [5.74, 6) is 1.88. The van der Waals surface area contributed by atoms with E-state index in [1.807, 2.05) is 4.90 Å². The van der Waals surface area contributed by atoms with E-state index >= 15 is 0 Å². The zero-order chi connectivity index (χ0) is 21.2. The Kier molecular flexibility index (Phi) is 12.1. The van der Waals surface area contributed by atoms with E-state index in [9.17, 15) is 4.79 Å². The highest BCUT2D eigenvalue weighted by Crippen LogP contribution is 2.22. The van der Waals surface area contributed by atoms with Gasteiger partial charge in [0.2, 0.25) is 5.91 Å². The zero-order valence-electron chi connectivity index (χ0n) is 19.0. The monoisotopic (exact) mass is 531 g/mol. The Morgan fingerprint density at radius 2 is 1.93 bits per heavy atom. The molecule has 170 valence electrons. The van der Waals surface area contributed by atoms with Gasteiger partial charge in [0.1, 0.15) is 5.75 Å². The second-order valence-electron chi connectivity index (χ2n) is 7.65. The molecule has 1 unspecified atom stereocenters. The molecule has 0 bridgehead atoms. The van der Waals surface area contributed by atoms with Crippen LogP contribution in [0.3, 0.4) is 0 Å². The fraction of sp³-hybridized carbons (Fsp3) is 0.636. The van der Waals surface area contributed by atoms with Gasteiger partial charge in [0.15, 0.2) is 5.96 Å². The molecule has 1 amide bonds. The third-order valence-electron chi connectivity index (χ3n) is 5.33. The normalized spacial score (nSPS) is 15.9. The van der Waals surface area contributed by atoms with E-state index in [-0.39, 0.29) is 36.0 Å². The maximum Gasteiger partial charge on any atom is 0.219 e. The standard InChI is InChI=1S/C22H37N5O2.HI/c1-6-18(3)29-21-15-17(2)7-8-20(21)16-25-22(23-5)24-9-10-26-11-13-27(14-12-26)19(4)28;/h7-8,15,18H,6,9-14,16H2,1-5H3,(H2,23,24,25);1H. The molecule has 1 aliphatic rings. The summed E-state index contributed by atoms with van der Waals surface area (Å²) >= 11 is 0. The van der Waals surface area contributed by atoms with Gasteiger partial charge in [-0.3, -0.25) is 14.7 Å². The number of aliphatic imine (C=N–C) groups is 1. The minimum Gasteiger partial charge on any atom is -0.490 e. The van der Waals surface area contributed by atoms with Crippen LogP contribution >= 0.6 is 24.0 Å². The molecule has 1 saturated heterocycles. The third-order valence-corrected chi connectivity index (χ3v) is 5.33. The molecule has 1 aliphatic heterocycles. The Labute approximate surface area is 198 Å². The van der Waals surface area contributed by atoms with Gasteiger partial charge in [-0.15, -0.1) is 24.0 Å². The van der Waals surface area contributed by atoms with Crippen LogP contribution in [-0.2, 0) is 11.3 Å². The van der Waals surface area contributed by atoms with Gasteiger partial charge in [-0.25, -0.2) is 0 Å². The van der Waals surface area contributed by atoms with Gasteiger partial charge in [-0.1, -0.05) is 19.1 Å². The highest BCUT2D eigenvalue weighted by Gasteiger charge is 2.18. The number of carbonyl (C=O) groups is 1. The second-order valence-corrected chi connectivity index (χ2v) is 7.65. The van der Waals surface area contributed by atoms with Gasteiger partial charge in [0.25, 0.3) is 0 Å². The van der Waals surface area contributed by atoms with Crippen molar-refractivity contribution in [1.29, 1.82) is 0 Å². The lowest BCUT2D eigenvalue weighted by atomic mass is 10.1. The molecule has 1 heterocycles. The molecule has 1 aromatic carbocycles. The van der Waals surface area contributed by atoms with Crippen LogP contribution in [0.5, 0.6) is 5.75 Å². The Bertz CT molecular complexity index is 690. The number of amides is 1. The van der Waals surface area contributed by atoms with E-state index in [0.29, 0.717) is 6.54 Å². The Balaban J connectivity index is 0.00000450. The molecule has 1 atom stereocenters. The molecule has 7 nitrogen and oxygen atoms in total. The van der Waals surface area contributed by atoms with Crippen LogP contribution in [0.25, 0.3) is 0 Å². The molecule has 2 N–H and O–H groups in total. The van der Waals surface area contributed by atoms with Crippen molar-refractivity contribution in [3.63, 3.8) is 0 Å². The summed E-state index contributed by atoms with van der Waals surface area (Å²) in [6.45, 7) is 13.8. The summed E-state index contributed by atoms with van der Waals surface area (Å²) < 4.78 is 6.09. The number of hydrogen-bond donors (Lipinski definition) is 2. The fourth-order valence-corrected chi connectivity index (χ4v) is 3.24. The lowest BCUT2D eigenvalue weighted by molar-refractivity contribution is -0.130. The van der Waals surface area contributed by atoms with Gasteiger partial charge in [-0.05, 0) is 31.9 Å².